The standard InChI is InChI=1S/C27H26FNO4.C5H8.C5H10/c1-4-5-25(17-6-9-19(28)10-7-17)29-26(31)18-8-12-22(24(14-18)27(32)33)23-15-20(30)11-13-21(23)16(2)3;1-4-5(2)3;1-3-5-4-2/h6-15,25,30H,2,4-5H2,1,3H3,(H,29,31)(H,32,33);4H,1-2H2,3H3;3,5H,4H2,1-2H3/b;;5-3-. The highest BCUT2D eigenvalue weighted by Crippen LogP contribution is 2.34. The molecule has 0 saturated carbocycles. The van der Waals surface area contributed by atoms with Gasteiger partial charge in [0.1, 0.15) is 11.6 Å². The topological polar surface area (TPSA) is 86.6 Å². The first-order valence-electron chi connectivity index (χ1n) is 14.2. The summed E-state index contributed by atoms with van der Waals surface area (Å²) in [6.07, 6.45) is 8.51. The molecule has 3 N–H and O–H groups in total. The molecular formula is C37H44FNO4. The van der Waals surface area contributed by atoms with Crippen molar-refractivity contribution in [1.29, 1.82) is 0 Å². The van der Waals surface area contributed by atoms with Crippen LogP contribution in [-0.4, -0.2) is 22.1 Å². The number of carboxylic acid groups (broad SMARTS) is 1. The number of carboxylic acids is 1. The van der Waals surface area contributed by atoms with Crippen LogP contribution in [0.5, 0.6) is 5.75 Å². The molecule has 0 saturated heterocycles. The van der Waals surface area contributed by atoms with Gasteiger partial charge in [-0.05, 0) is 92.3 Å². The fourth-order valence-electron chi connectivity index (χ4n) is 4.01. The molecular weight excluding hydrogens is 541 g/mol. The minimum absolute atomic E-state index is 0.00476. The van der Waals surface area contributed by atoms with Crippen LogP contribution in [0.4, 0.5) is 4.39 Å². The van der Waals surface area contributed by atoms with Gasteiger partial charge < -0.3 is 15.5 Å². The van der Waals surface area contributed by atoms with E-state index in [1.54, 1.807) is 43.3 Å². The summed E-state index contributed by atoms with van der Waals surface area (Å²) in [5.41, 5.74) is 4.22. The highest BCUT2D eigenvalue weighted by atomic mass is 19.1. The Labute approximate surface area is 255 Å². The minimum Gasteiger partial charge on any atom is -0.508 e. The Morgan fingerprint density at radius 3 is 2.05 bits per heavy atom. The third kappa shape index (κ3) is 12.0. The SMILES string of the molecule is C/C=C\CC.C=C(C)c1ccc(O)cc1-c1ccc(C(=O)NC(CCC)c2ccc(F)cc2)cc1C(=O)O.C=CC(=C)C. The van der Waals surface area contributed by atoms with Crippen molar-refractivity contribution < 1.29 is 24.2 Å². The Bertz CT molecular complexity index is 1440. The number of carbonyl (C=O) groups excluding carboxylic acids is 1. The maximum Gasteiger partial charge on any atom is 0.336 e. The lowest BCUT2D eigenvalue weighted by Crippen LogP contribution is -2.28. The van der Waals surface area contributed by atoms with Gasteiger partial charge in [-0.2, -0.15) is 0 Å². The highest BCUT2D eigenvalue weighted by molar-refractivity contribution is 6.02. The molecule has 0 fully saturated rings. The number of hydrogen-bond acceptors (Lipinski definition) is 3. The Morgan fingerprint density at radius 2 is 1.58 bits per heavy atom. The maximum atomic E-state index is 13.3. The third-order valence-electron chi connectivity index (χ3n) is 6.24. The van der Waals surface area contributed by atoms with Crippen LogP contribution in [0.2, 0.25) is 0 Å². The van der Waals surface area contributed by atoms with Crippen LogP contribution in [0.3, 0.4) is 0 Å². The van der Waals surface area contributed by atoms with Crippen molar-refractivity contribution in [2.24, 2.45) is 0 Å². The Balaban J connectivity index is 0.000000798. The first kappa shape index (κ1) is 36.3. The number of hydrogen-bond donors (Lipinski definition) is 3. The normalized spacial score (nSPS) is 10.8. The van der Waals surface area contributed by atoms with Crippen LogP contribution < -0.4 is 5.32 Å². The Morgan fingerprint density at radius 1 is 0.953 bits per heavy atom. The van der Waals surface area contributed by atoms with E-state index in [0.29, 0.717) is 28.7 Å². The van der Waals surface area contributed by atoms with Crippen molar-refractivity contribution in [2.45, 2.75) is 59.9 Å². The molecule has 1 amide bonds. The van der Waals surface area contributed by atoms with Crippen molar-refractivity contribution in [3.8, 4) is 16.9 Å². The van der Waals surface area contributed by atoms with Crippen molar-refractivity contribution in [2.75, 3.05) is 0 Å². The molecule has 0 aliphatic rings. The molecule has 43 heavy (non-hydrogen) atoms. The molecule has 0 aliphatic carbocycles. The number of nitrogens with one attached hydrogen (secondary N) is 1. The summed E-state index contributed by atoms with van der Waals surface area (Å²) in [7, 11) is 0. The second kappa shape index (κ2) is 18.7. The van der Waals surface area contributed by atoms with Gasteiger partial charge in [0, 0.05) is 5.56 Å². The number of aromatic carboxylic acids is 1. The lowest BCUT2D eigenvalue weighted by Gasteiger charge is -2.19. The summed E-state index contributed by atoms with van der Waals surface area (Å²) < 4.78 is 13.3. The number of phenolic OH excluding ortho intramolecular Hbond substituents is 1. The lowest BCUT2D eigenvalue weighted by molar-refractivity contribution is 0.0697. The fraction of sp³-hybridized carbons (Fsp3) is 0.243. The van der Waals surface area contributed by atoms with Crippen molar-refractivity contribution in [3.05, 3.63) is 132 Å². The molecule has 5 nitrogen and oxygen atoms in total. The lowest BCUT2D eigenvalue weighted by atomic mass is 9.91. The van der Waals surface area contributed by atoms with E-state index in [1.807, 2.05) is 20.8 Å². The minimum atomic E-state index is -1.20. The van der Waals surface area contributed by atoms with Gasteiger partial charge in [0.05, 0.1) is 11.6 Å². The van der Waals surface area contributed by atoms with Gasteiger partial charge in [0.25, 0.3) is 5.91 Å². The molecule has 228 valence electrons. The van der Waals surface area contributed by atoms with E-state index in [0.717, 1.165) is 24.0 Å². The summed E-state index contributed by atoms with van der Waals surface area (Å²) >= 11 is 0. The van der Waals surface area contributed by atoms with Gasteiger partial charge in [-0.25, -0.2) is 9.18 Å². The average Bonchev–Trinajstić information content (AvgIpc) is 2.97. The number of halogens is 1. The van der Waals surface area contributed by atoms with Crippen molar-refractivity contribution >= 4 is 17.4 Å². The Kier molecular flexibility index (Phi) is 15.8. The monoisotopic (exact) mass is 585 g/mol. The number of phenols is 1. The molecule has 0 aromatic heterocycles. The zero-order valence-corrected chi connectivity index (χ0v) is 25.9. The number of allylic oxidation sites excluding steroid dienone is 5. The number of rotatable bonds is 10. The summed E-state index contributed by atoms with van der Waals surface area (Å²) in [5, 5.41) is 22.7. The van der Waals surface area contributed by atoms with Gasteiger partial charge in [0.15, 0.2) is 0 Å². The summed E-state index contributed by atoms with van der Waals surface area (Å²) in [6.45, 7) is 20.8. The maximum absolute atomic E-state index is 13.3. The van der Waals surface area contributed by atoms with Gasteiger partial charge in [-0.15, -0.1) is 0 Å². The van der Waals surface area contributed by atoms with E-state index in [1.165, 1.54) is 30.3 Å². The van der Waals surface area contributed by atoms with Gasteiger partial charge in [0.2, 0.25) is 0 Å². The number of benzene rings is 3. The fourth-order valence-corrected chi connectivity index (χ4v) is 4.01. The van der Waals surface area contributed by atoms with E-state index in [-0.39, 0.29) is 28.7 Å². The smallest absolute Gasteiger partial charge is 0.336 e. The second-order valence-electron chi connectivity index (χ2n) is 9.97. The molecule has 0 radical (unpaired) electrons. The quantitative estimate of drug-likeness (QED) is 0.163. The first-order valence-corrected chi connectivity index (χ1v) is 14.2. The molecule has 3 rings (SSSR count). The molecule has 0 aliphatic heterocycles. The highest BCUT2D eigenvalue weighted by Gasteiger charge is 2.20. The van der Waals surface area contributed by atoms with Crippen LogP contribution in [0.15, 0.2) is 104 Å². The van der Waals surface area contributed by atoms with E-state index in [2.05, 4.69) is 44.1 Å². The molecule has 6 heteroatoms. The molecule has 3 aromatic rings. The molecule has 0 bridgehead atoms. The van der Waals surface area contributed by atoms with E-state index in [9.17, 15) is 24.2 Å². The third-order valence-corrected chi connectivity index (χ3v) is 6.24. The van der Waals surface area contributed by atoms with Crippen LogP contribution in [0, 0.1) is 5.82 Å². The molecule has 0 heterocycles. The number of carbonyl (C=O) groups is 2. The zero-order valence-electron chi connectivity index (χ0n) is 25.9. The van der Waals surface area contributed by atoms with E-state index >= 15 is 0 Å². The van der Waals surface area contributed by atoms with Crippen molar-refractivity contribution in [3.63, 3.8) is 0 Å². The van der Waals surface area contributed by atoms with Gasteiger partial charge in [-0.3, -0.25) is 4.79 Å². The zero-order chi connectivity index (χ0) is 32.5. The molecule has 0 spiro atoms. The average molecular weight is 586 g/mol. The van der Waals surface area contributed by atoms with Gasteiger partial charge in [-0.1, -0.05) is 93.6 Å². The van der Waals surface area contributed by atoms with Crippen molar-refractivity contribution in [1.82, 2.24) is 5.32 Å². The Hall–Kier alpha value is -4.71. The predicted octanol–water partition coefficient (Wildman–Crippen LogP) is 9.92. The molecule has 1 atom stereocenters. The van der Waals surface area contributed by atoms with Crippen LogP contribution in [0.25, 0.3) is 16.7 Å². The van der Waals surface area contributed by atoms with Crippen LogP contribution in [-0.2, 0) is 0 Å². The molecule has 1 unspecified atom stereocenters. The summed E-state index contributed by atoms with van der Waals surface area (Å²) in [4.78, 5) is 25.1. The van der Waals surface area contributed by atoms with Gasteiger partial charge >= 0.3 is 5.97 Å². The number of aromatic hydroxyl groups is 1. The van der Waals surface area contributed by atoms with Crippen LogP contribution in [0.1, 0.15) is 91.8 Å². The van der Waals surface area contributed by atoms with E-state index in [4.69, 9.17) is 0 Å². The van der Waals surface area contributed by atoms with Crippen LogP contribution >= 0.6 is 0 Å². The van der Waals surface area contributed by atoms with E-state index < -0.39 is 11.9 Å². The number of amides is 1. The molecule has 3 aromatic carbocycles. The largest absolute Gasteiger partial charge is 0.508 e. The second-order valence-corrected chi connectivity index (χ2v) is 9.97. The first-order chi connectivity index (χ1) is 20.4. The summed E-state index contributed by atoms with van der Waals surface area (Å²) in [5.74, 6) is -1.99. The predicted molar refractivity (Wildman–Crippen MR) is 177 cm³/mol. The summed E-state index contributed by atoms with van der Waals surface area (Å²) in [6, 6.07) is 14.7.